The van der Waals surface area contributed by atoms with Crippen LogP contribution in [-0.2, 0) is 4.74 Å². The fourth-order valence-electron chi connectivity index (χ4n) is 1.96. The van der Waals surface area contributed by atoms with E-state index in [-0.39, 0.29) is 4.31 Å². The Morgan fingerprint density at radius 1 is 1.35 bits per heavy atom. The first-order valence-electron chi connectivity index (χ1n) is 7.23. The van der Waals surface area contributed by atoms with Crippen LogP contribution in [0.5, 0.6) is 0 Å². The van der Waals surface area contributed by atoms with Gasteiger partial charge in [0.15, 0.2) is 0 Å². The molecule has 1 aromatic rings. The van der Waals surface area contributed by atoms with Crippen LogP contribution in [0, 0.1) is 0 Å². The summed E-state index contributed by atoms with van der Waals surface area (Å²) in [6.45, 7) is 11.2. The second-order valence-corrected chi connectivity index (χ2v) is 8.67. The van der Waals surface area contributed by atoms with Crippen LogP contribution < -0.4 is 4.46 Å². The zero-order valence-electron chi connectivity index (χ0n) is 12.9. The summed E-state index contributed by atoms with van der Waals surface area (Å²) in [6, 6.07) is 10.8. The molecule has 0 saturated heterocycles. The molecule has 0 aliphatic rings. The van der Waals surface area contributed by atoms with Crippen molar-refractivity contribution in [2.45, 2.75) is 44.3 Å². The van der Waals surface area contributed by atoms with Gasteiger partial charge < -0.3 is 0 Å². The SMILES string of the molecule is C=C(C)CCCC(C)(/C=C/OCC)[Se]c1ccccc1. The van der Waals surface area contributed by atoms with E-state index in [4.69, 9.17) is 4.74 Å². The number of rotatable bonds is 9. The zero-order valence-corrected chi connectivity index (χ0v) is 14.6. The summed E-state index contributed by atoms with van der Waals surface area (Å²) in [5.74, 6) is 0. The number of benzene rings is 1. The topological polar surface area (TPSA) is 9.23 Å². The molecule has 2 heteroatoms. The molecule has 0 fully saturated rings. The fourth-order valence-corrected chi connectivity index (χ4v) is 4.48. The third kappa shape index (κ3) is 6.98. The van der Waals surface area contributed by atoms with Gasteiger partial charge in [0.2, 0.25) is 0 Å². The van der Waals surface area contributed by atoms with Crippen LogP contribution in [0.4, 0.5) is 0 Å². The molecular weight excluding hydrogens is 311 g/mol. The molecule has 1 rings (SSSR count). The van der Waals surface area contributed by atoms with Gasteiger partial charge in [-0.2, -0.15) is 0 Å². The molecule has 0 radical (unpaired) electrons. The van der Waals surface area contributed by atoms with Gasteiger partial charge in [-0.15, -0.1) is 0 Å². The summed E-state index contributed by atoms with van der Waals surface area (Å²) < 4.78 is 7.06. The van der Waals surface area contributed by atoms with Crippen molar-refractivity contribution in [1.82, 2.24) is 0 Å². The van der Waals surface area contributed by atoms with E-state index < -0.39 is 0 Å². The van der Waals surface area contributed by atoms with Gasteiger partial charge in [0.25, 0.3) is 0 Å². The van der Waals surface area contributed by atoms with E-state index in [1.54, 1.807) is 0 Å². The van der Waals surface area contributed by atoms with Crippen LogP contribution in [0.25, 0.3) is 0 Å². The van der Waals surface area contributed by atoms with E-state index in [9.17, 15) is 0 Å². The summed E-state index contributed by atoms with van der Waals surface area (Å²) in [5.41, 5.74) is 1.27. The van der Waals surface area contributed by atoms with Crippen molar-refractivity contribution in [2.75, 3.05) is 6.61 Å². The summed E-state index contributed by atoms with van der Waals surface area (Å²) >= 11 is 0.414. The molecule has 0 N–H and O–H groups in total. The first-order valence-corrected chi connectivity index (χ1v) is 8.95. The van der Waals surface area contributed by atoms with Crippen LogP contribution in [0.3, 0.4) is 0 Å². The van der Waals surface area contributed by atoms with Crippen molar-refractivity contribution < 1.29 is 4.74 Å². The van der Waals surface area contributed by atoms with Crippen LogP contribution in [0.2, 0.25) is 4.31 Å². The Morgan fingerprint density at radius 3 is 2.65 bits per heavy atom. The molecule has 1 unspecified atom stereocenters. The van der Waals surface area contributed by atoms with Crippen LogP contribution in [-0.4, -0.2) is 21.6 Å². The maximum absolute atomic E-state index is 5.41. The zero-order chi connectivity index (χ0) is 14.8. The molecule has 20 heavy (non-hydrogen) atoms. The Balaban J connectivity index is 2.69. The van der Waals surface area contributed by atoms with Gasteiger partial charge >= 0.3 is 130 Å². The number of allylic oxidation sites excluding steroid dienone is 2. The van der Waals surface area contributed by atoms with Gasteiger partial charge in [-0.3, -0.25) is 0 Å². The fraction of sp³-hybridized carbons (Fsp3) is 0.444. The van der Waals surface area contributed by atoms with E-state index in [0.29, 0.717) is 15.0 Å². The number of ether oxygens (including phenoxy) is 1. The maximum atomic E-state index is 5.41. The number of hydrogen-bond acceptors (Lipinski definition) is 1. The standard InChI is InChI=1S/C18H26OSe/c1-5-19-15-14-18(4,13-9-10-16(2)3)20-17-11-7-6-8-12-17/h6-8,11-12,14-15H,2,5,9-10,13H2,1,3-4H3/b15-14+. The van der Waals surface area contributed by atoms with E-state index in [0.717, 1.165) is 13.0 Å². The van der Waals surface area contributed by atoms with E-state index in [1.165, 1.54) is 22.9 Å². The Hall–Kier alpha value is -0.981. The van der Waals surface area contributed by atoms with E-state index >= 15 is 0 Å². The summed E-state index contributed by atoms with van der Waals surface area (Å²) in [7, 11) is 0. The Kier molecular flexibility index (Phi) is 7.72. The summed E-state index contributed by atoms with van der Waals surface area (Å²) in [4.78, 5) is 0. The second kappa shape index (κ2) is 9.05. The van der Waals surface area contributed by atoms with Crippen LogP contribution >= 0.6 is 0 Å². The van der Waals surface area contributed by atoms with Crippen LogP contribution in [0.1, 0.15) is 40.0 Å². The van der Waals surface area contributed by atoms with Crippen molar-refractivity contribution in [2.24, 2.45) is 0 Å². The summed E-state index contributed by atoms with van der Waals surface area (Å²) in [5, 5.41) is 0. The van der Waals surface area contributed by atoms with Crippen molar-refractivity contribution in [3.8, 4) is 0 Å². The molecule has 0 heterocycles. The molecule has 1 aromatic carbocycles. The third-order valence-corrected chi connectivity index (χ3v) is 5.81. The quantitative estimate of drug-likeness (QED) is 0.366. The Morgan fingerprint density at radius 2 is 2.05 bits per heavy atom. The molecule has 1 nitrogen and oxygen atoms in total. The molecule has 1 atom stereocenters. The number of hydrogen-bond donors (Lipinski definition) is 0. The molecule has 0 saturated carbocycles. The molecule has 0 amide bonds. The first-order chi connectivity index (χ1) is 9.56. The third-order valence-electron chi connectivity index (χ3n) is 3.05. The van der Waals surface area contributed by atoms with Crippen LogP contribution in [0.15, 0.2) is 54.8 Å². The van der Waals surface area contributed by atoms with Gasteiger partial charge in [0.1, 0.15) is 0 Å². The minimum atomic E-state index is 0.207. The van der Waals surface area contributed by atoms with Gasteiger partial charge in [-0.1, -0.05) is 0 Å². The average molecular weight is 337 g/mol. The molecule has 0 bridgehead atoms. The van der Waals surface area contributed by atoms with E-state index in [1.807, 2.05) is 13.2 Å². The monoisotopic (exact) mass is 338 g/mol. The van der Waals surface area contributed by atoms with Crippen molar-refractivity contribution >= 4 is 19.4 Å². The van der Waals surface area contributed by atoms with Crippen molar-refractivity contribution in [1.29, 1.82) is 0 Å². The van der Waals surface area contributed by atoms with Crippen molar-refractivity contribution in [3.05, 3.63) is 54.8 Å². The second-order valence-electron chi connectivity index (χ2n) is 5.30. The Labute approximate surface area is 130 Å². The molecule has 110 valence electrons. The van der Waals surface area contributed by atoms with Gasteiger partial charge in [-0.25, -0.2) is 0 Å². The molecular formula is C18H26OSe. The first kappa shape index (κ1) is 17.1. The minimum absolute atomic E-state index is 0.207. The summed E-state index contributed by atoms with van der Waals surface area (Å²) in [6.07, 6.45) is 7.62. The molecule has 0 aliphatic carbocycles. The molecule has 0 spiro atoms. The molecule has 0 aliphatic heterocycles. The van der Waals surface area contributed by atoms with Gasteiger partial charge in [0.05, 0.1) is 0 Å². The Bertz CT molecular complexity index is 424. The van der Waals surface area contributed by atoms with E-state index in [2.05, 4.69) is 56.8 Å². The molecule has 0 aromatic heterocycles. The predicted molar refractivity (Wildman–Crippen MR) is 89.6 cm³/mol. The average Bonchev–Trinajstić information content (AvgIpc) is 2.39. The van der Waals surface area contributed by atoms with Gasteiger partial charge in [-0.05, 0) is 0 Å². The predicted octanol–water partition coefficient (Wildman–Crippen LogP) is 4.49. The van der Waals surface area contributed by atoms with Gasteiger partial charge in [0, 0.05) is 0 Å². The normalized spacial score (nSPS) is 14.2. The van der Waals surface area contributed by atoms with Crippen molar-refractivity contribution in [3.63, 3.8) is 0 Å².